The molecule has 0 aromatic heterocycles. The Labute approximate surface area is 127 Å². The molecule has 1 aromatic carbocycles. The number of nitrogens with two attached hydrogens (primary N) is 1. The monoisotopic (exact) mass is 289 g/mol. The Kier molecular flexibility index (Phi) is 5.01. The molecule has 4 nitrogen and oxygen atoms in total. The van der Waals surface area contributed by atoms with Crippen LogP contribution in [0.4, 0.5) is 0 Å². The van der Waals surface area contributed by atoms with Crippen molar-refractivity contribution in [3.05, 3.63) is 35.9 Å². The van der Waals surface area contributed by atoms with E-state index in [-0.39, 0.29) is 11.9 Å². The predicted octanol–water partition coefficient (Wildman–Crippen LogP) is 2.02. The number of hydrogen-bond acceptors (Lipinski definition) is 3. The van der Waals surface area contributed by atoms with Crippen LogP contribution in [0.2, 0.25) is 0 Å². The molecule has 0 bridgehead atoms. The highest BCUT2D eigenvalue weighted by atomic mass is 16.2. The van der Waals surface area contributed by atoms with Crippen molar-refractivity contribution in [2.45, 2.75) is 38.3 Å². The van der Waals surface area contributed by atoms with Crippen LogP contribution in [0.25, 0.3) is 0 Å². The molecule has 0 aliphatic carbocycles. The molecule has 0 radical (unpaired) electrons. The van der Waals surface area contributed by atoms with Crippen LogP contribution in [0.1, 0.15) is 38.3 Å². The van der Waals surface area contributed by atoms with E-state index >= 15 is 0 Å². The average molecular weight is 289 g/mol. The number of likely N-dealkylation sites (N-methyl/N-ethyl adjacent to an activating group) is 1. The molecule has 1 aliphatic rings. The number of carbonyl (C=O) groups excluding carboxylic acids is 1. The first kappa shape index (κ1) is 16.0. The van der Waals surface area contributed by atoms with Crippen LogP contribution in [0.5, 0.6) is 0 Å². The van der Waals surface area contributed by atoms with Crippen LogP contribution in [-0.2, 0) is 4.79 Å². The molecule has 0 saturated carbocycles. The molecule has 21 heavy (non-hydrogen) atoms. The van der Waals surface area contributed by atoms with Gasteiger partial charge in [0.2, 0.25) is 5.91 Å². The maximum Gasteiger partial charge on any atom is 0.243 e. The highest BCUT2D eigenvalue weighted by Crippen LogP contribution is 2.28. The maximum atomic E-state index is 13.0. The highest BCUT2D eigenvalue weighted by molar-refractivity contribution is 5.86. The Morgan fingerprint density at radius 2 is 1.86 bits per heavy atom. The van der Waals surface area contributed by atoms with Gasteiger partial charge in [-0.25, -0.2) is 0 Å². The number of nitrogens with zero attached hydrogens (tertiary/aromatic N) is 2. The Balaban J connectivity index is 2.29. The summed E-state index contributed by atoms with van der Waals surface area (Å²) in [5.41, 5.74) is 6.79. The van der Waals surface area contributed by atoms with E-state index in [2.05, 4.69) is 24.1 Å². The maximum absolute atomic E-state index is 13.0. The second-order valence-corrected chi connectivity index (χ2v) is 6.05. The Hall–Kier alpha value is -1.39. The molecule has 2 N–H and O–H groups in total. The third-order valence-corrected chi connectivity index (χ3v) is 4.72. The lowest BCUT2D eigenvalue weighted by molar-refractivity contribution is -0.142. The van der Waals surface area contributed by atoms with Gasteiger partial charge in [-0.05, 0) is 25.5 Å². The van der Waals surface area contributed by atoms with Crippen LogP contribution in [0, 0.1) is 0 Å². The molecule has 1 amide bonds. The molecule has 1 heterocycles. The van der Waals surface area contributed by atoms with Gasteiger partial charge in [0.1, 0.15) is 0 Å². The van der Waals surface area contributed by atoms with Gasteiger partial charge in [0.25, 0.3) is 0 Å². The van der Waals surface area contributed by atoms with Crippen molar-refractivity contribution in [2.24, 2.45) is 5.73 Å². The summed E-state index contributed by atoms with van der Waals surface area (Å²) in [6, 6.07) is 10.4. The van der Waals surface area contributed by atoms with Crippen molar-refractivity contribution >= 4 is 5.91 Å². The smallest absolute Gasteiger partial charge is 0.243 e. The molecular formula is C17H27N3O. The van der Waals surface area contributed by atoms with Crippen molar-refractivity contribution in [3.63, 3.8) is 0 Å². The van der Waals surface area contributed by atoms with E-state index in [0.717, 1.165) is 19.6 Å². The minimum atomic E-state index is -0.733. The summed E-state index contributed by atoms with van der Waals surface area (Å²) in [6.07, 6.45) is 1.35. The quantitative estimate of drug-likeness (QED) is 0.922. The van der Waals surface area contributed by atoms with Crippen molar-refractivity contribution in [1.29, 1.82) is 0 Å². The van der Waals surface area contributed by atoms with Crippen molar-refractivity contribution in [3.8, 4) is 0 Å². The summed E-state index contributed by atoms with van der Waals surface area (Å²) >= 11 is 0. The van der Waals surface area contributed by atoms with E-state index in [1.807, 2.05) is 36.9 Å². The molecule has 4 heteroatoms. The van der Waals surface area contributed by atoms with Gasteiger partial charge in [-0.2, -0.15) is 0 Å². The lowest BCUT2D eigenvalue weighted by atomic mass is 9.90. The molecule has 1 unspecified atom stereocenters. The predicted molar refractivity (Wildman–Crippen MR) is 85.9 cm³/mol. The van der Waals surface area contributed by atoms with Gasteiger partial charge in [0.15, 0.2) is 0 Å². The van der Waals surface area contributed by atoms with Crippen molar-refractivity contribution in [2.75, 3.05) is 26.7 Å². The van der Waals surface area contributed by atoms with Crippen molar-refractivity contribution in [1.82, 2.24) is 9.80 Å². The van der Waals surface area contributed by atoms with E-state index < -0.39 is 5.54 Å². The number of amides is 1. The number of piperazine rings is 1. The van der Waals surface area contributed by atoms with Gasteiger partial charge in [0.05, 0.1) is 11.6 Å². The van der Waals surface area contributed by atoms with Crippen LogP contribution in [-0.4, -0.2) is 47.9 Å². The minimum absolute atomic E-state index is 0.0921. The normalized spacial score (nSPS) is 20.6. The summed E-state index contributed by atoms with van der Waals surface area (Å²) in [6.45, 7) is 6.50. The third-order valence-electron chi connectivity index (χ3n) is 4.72. The minimum Gasteiger partial charge on any atom is -0.331 e. The molecule has 1 fully saturated rings. The molecule has 1 aromatic rings. The summed E-state index contributed by atoms with van der Waals surface area (Å²) < 4.78 is 0. The molecule has 116 valence electrons. The zero-order chi connectivity index (χ0) is 15.5. The topological polar surface area (TPSA) is 49.6 Å². The molecule has 1 aliphatic heterocycles. The van der Waals surface area contributed by atoms with Gasteiger partial charge in [0, 0.05) is 19.6 Å². The standard InChI is InChI=1S/C17H27N3O/c1-4-17(18,5-2)16(21)20-12-11-19(3)13-15(20)14-9-7-6-8-10-14/h6-10,15H,4-5,11-13,18H2,1-3H3. The highest BCUT2D eigenvalue weighted by Gasteiger charge is 2.39. The van der Waals surface area contributed by atoms with E-state index in [1.165, 1.54) is 5.56 Å². The van der Waals surface area contributed by atoms with Gasteiger partial charge in [-0.3, -0.25) is 4.79 Å². The van der Waals surface area contributed by atoms with E-state index in [0.29, 0.717) is 12.8 Å². The van der Waals surface area contributed by atoms with E-state index in [1.54, 1.807) is 0 Å². The van der Waals surface area contributed by atoms with Gasteiger partial charge in [-0.15, -0.1) is 0 Å². The largest absolute Gasteiger partial charge is 0.331 e. The first-order chi connectivity index (χ1) is 10.0. The van der Waals surface area contributed by atoms with Gasteiger partial charge < -0.3 is 15.5 Å². The lowest BCUT2D eigenvalue weighted by Crippen LogP contribution is -2.59. The average Bonchev–Trinajstić information content (AvgIpc) is 2.54. The van der Waals surface area contributed by atoms with E-state index in [9.17, 15) is 4.79 Å². The molecule has 1 atom stereocenters. The molecule has 2 rings (SSSR count). The zero-order valence-electron chi connectivity index (χ0n) is 13.4. The fourth-order valence-electron chi connectivity index (χ4n) is 2.96. The number of rotatable bonds is 4. The van der Waals surface area contributed by atoms with Crippen LogP contribution in [0.15, 0.2) is 30.3 Å². The SMILES string of the molecule is CCC(N)(CC)C(=O)N1CCN(C)CC1c1ccccc1. The Morgan fingerprint density at radius 3 is 2.43 bits per heavy atom. The first-order valence-electron chi connectivity index (χ1n) is 7.85. The molecule has 1 saturated heterocycles. The molecule has 0 spiro atoms. The summed E-state index contributed by atoms with van der Waals surface area (Å²) in [4.78, 5) is 17.2. The second kappa shape index (κ2) is 6.58. The van der Waals surface area contributed by atoms with Gasteiger partial charge >= 0.3 is 0 Å². The summed E-state index contributed by atoms with van der Waals surface area (Å²) in [7, 11) is 2.10. The third kappa shape index (κ3) is 3.27. The summed E-state index contributed by atoms with van der Waals surface area (Å²) in [5, 5.41) is 0. The fourth-order valence-corrected chi connectivity index (χ4v) is 2.96. The Morgan fingerprint density at radius 1 is 1.24 bits per heavy atom. The fraction of sp³-hybridized carbons (Fsp3) is 0.588. The zero-order valence-corrected chi connectivity index (χ0v) is 13.4. The second-order valence-electron chi connectivity index (χ2n) is 6.05. The summed E-state index contributed by atoms with van der Waals surface area (Å²) in [5.74, 6) is 0.0921. The van der Waals surface area contributed by atoms with Crippen LogP contribution < -0.4 is 5.73 Å². The van der Waals surface area contributed by atoms with Crippen molar-refractivity contribution < 1.29 is 4.79 Å². The number of benzene rings is 1. The lowest BCUT2D eigenvalue weighted by Gasteiger charge is -2.44. The number of carbonyl (C=O) groups is 1. The van der Waals surface area contributed by atoms with Gasteiger partial charge in [-0.1, -0.05) is 44.2 Å². The Bertz CT molecular complexity index is 470. The number of hydrogen-bond donors (Lipinski definition) is 1. The molecular weight excluding hydrogens is 262 g/mol. The first-order valence-corrected chi connectivity index (χ1v) is 7.85. The van der Waals surface area contributed by atoms with Crippen LogP contribution in [0.3, 0.4) is 0 Å². The van der Waals surface area contributed by atoms with Crippen LogP contribution >= 0.6 is 0 Å². The van der Waals surface area contributed by atoms with E-state index in [4.69, 9.17) is 5.73 Å².